The van der Waals surface area contributed by atoms with Crippen LogP contribution in [-0.2, 0) is 20.2 Å². The fourth-order valence-corrected chi connectivity index (χ4v) is 2.87. The zero-order valence-corrected chi connectivity index (χ0v) is 13.9. The van der Waals surface area contributed by atoms with E-state index in [9.17, 15) is 25.9 Å². The molecule has 10 heteroatoms. The Kier molecular flexibility index (Phi) is 4.87. The van der Waals surface area contributed by atoms with Crippen molar-refractivity contribution in [3.8, 4) is 0 Å². The number of hydrogen-bond donors (Lipinski definition) is 1. The van der Waals surface area contributed by atoms with E-state index in [1.807, 2.05) is 0 Å². The minimum Gasteiger partial charge on any atom is -0.744 e. The first kappa shape index (κ1) is 17.4. The van der Waals surface area contributed by atoms with Crippen LogP contribution in [0.3, 0.4) is 0 Å². The second-order valence-corrected chi connectivity index (χ2v) is 6.50. The van der Waals surface area contributed by atoms with Gasteiger partial charge in [0.2, 0.25) is 0 Å². The molecule has 0 atom stereocenters. The van der Waals surface area contributed by atoms with Crippen LogP contribution >= 0.6 is 0 Å². The quantitative estimate of drug-likeness (QED) is 0.358. The molecule has 2 N–H and O–H groups in total. The van der Waals surface area contributed by atoms with Gasteiger partial charge in [-0.05, 0) is 24.3 Å². The van der Waals surface area contributed by atoms with Crippen molar-refractivity contribution in [2.75, 3.05) is 5.73 Å². The fraction of sp³-hybridized carbons (Fsp3) is 0. The van der Waals surface area contributed by atoms with Crippen molar-refractivity contribution in [3.63, 3.8) is 0 Å². The van der Waals surface area contributed by atoms with Gasteiger partial charge >= 0.3 is 29.6 Å². The monoisotopic (exact) mass is 324 g/mol. The largest absolute Gasteiger partial charge is 1.00 e. The van der Waals surface area contributed by atoms with Gasteiger partial charge in [0, 0.05) is 16.5 Å². The third-order valence-electron chi connectivity index (χ3n) is 2.54. The standard InChI is InChI=1S/C10H9NO6S2.Na/c11-9-3-4-10(19(15,16)17)7-2-1-6(5-8(7)9)18(12,13)14;/h1-5H,11H2,(H,12,13,14)(H,15,16,17);/q;+1/p-2. The molecule has 0 spiro atoms. The molecule has 0 fully saturated rings. The summed E-state index contributed by atoms with van der Waals surface area (Å²) in [6, 6.07) is 5.14. The molecule has 0 aliphatic rings. The molecule has 0 saturated heterocycles. The van der Waals surface area contributed by atoms with Crippen LogP contribution in [0.1, 0.15) is 0 Å². The van der Waals surface area contributed by atoms with Gasteiger partial charge in [-0.25, -0.2) is 16.8 Å². The zero-order valence-electron chi connectivity index (χ0n) is 10.2. The first-order valence-corrected chi connectivity index (χ1v) is 7.66. The van der Waals surface area contributed by atoms with Crippen molar-refractivity contribution in [3.05, 3.63) is 30.3 Å². The molecule has 2 aromatic carbocycles. The summed E-state index contributed by atoms with van der Waals surface area (Å²) in [4.78, 5) is -1.07. The SMILES string of the molecule is Nc1ccc(S(=O)(=O)[O-])c2ccc(S(=O)(=O)[O-])cc12.[Na+]. The molecule has 0 amide bonds. The van der Waals surface area contributed by atoms with E-state index in [-0.39, 0.29) is 46.0 Å². The fourth-order valence-electron chi connectivity index (χ4n) is 1.70. The van der Waals surface area contributed by atoms with Crippen LogP contribution < -0.4 is 35.3 Å². The van der Waals surface area contributed by atoms with E-state index in [4.69, 9.17) is 5.73 Å². The summed E-state index contributed by atoms with van der Waals surface area (Å²) in [7, 11) is -9.42. The zero-order chi connectivity index (χ0) is 14.4. The van der Waals surface area contributed by atoms with Gasteiger partial charge in [0.1, 0.15) is 20.2 Å². The van der Waals surface area contributed by atoms with Gasteiger partial charge in [0.25, 0.3) is 0 Å². The van der Waals surface area contributed by atoms with Crippen LogP contribution in [0, 0.1) is 0 Å². The van der Waals surface area contributed by atoms with Crippen LogP contribution in [0.25, 0.3) is 10.8 Å². The summed E-state index contributed by atoms with van der Waals surface area (Å²) in [6.07, 6.45) is 0. The molecule has 0 radical (unpaired) electrons. The maximum atomic E-state index is 11.1. The normalized spacial score (nSPS) is 12.1. The van der Waals surface area contributed by atoms with E-state index in [0.717, 1.165) is 30.3 Å². The number of fused-ring (bicyclic) bond motifs is 1. The van der Waals surface area contributed by atoms with Gasteiger partial charge in [-0.1, -0.05) is 6.07 Å². The van der Waals surface area contributed by atoms with E-state index >= 15 is 0 Å². The van der Waals surface area contributed by atoms with Crippen molar-refractivity contribution in [2.24, 2.45) is 0 Å². The van der Waals surface area contributed by atoms with E-state index < -0.39 is 30.0 Å². The second-order valence-electron chi connectivity index (χ2n) is 3.77. The van der Waals surface area contributed by atoms with Crippen molar-refractivity contribution < 1.29 is 55.5 Å². The number of hydrogen-bond acceptors (Lipinski definition) is 7. The summed E-state index contributed by atoms with van der Waals surface area (Å²) < 4.78 is 65.9. The predicted octanol–water partition coefficient (Wildman–Crippen LogP) is -2.77. The minimum atomic E-state index is -4.73. The average Bonchev–Trinajstić information content (AvgIpc) is 2.26. The maximum Gasteiger partial charge on any atom is 1.00 e. The number of nitrogen functional groups attached to an aromatic ring is 1. The summed E-state index contributed by atoms with van der Waals surface area (Å²) >= 11 is 0. The predicted molar refractivity (Wildman–Crippen MR) is 64.3 cm³/mol. The van der Waals surface area contributed by atoms with E-state index in [2.05, 4.69) is 0 Å². The van der Waals surface area contributed by atoms with Crippen LogP contribution in [0.5, 0.6) is 0 Å². The molecule has 0 aliphatic heterocycles. The van der Waals surface area contributed by atoms with Gasteiger partial charge < -0.3 is 14.8 Å². The molecule has 0 unspecified atom stereocenters. The van der Waals surface area contributed by atoms with E-state index in [0.29, 0.717) is 0 Å². The molecule has 7 nitrogen and oxygen atoms in total. The van der Waals surface area contributed by atoms with E-state index in [1.165, 1.54) is 0 Å². The molecule has 0 heterocycles. The molecule has 0 aromatic heterocycles. The summed E-state index contributed by atoms with van der Waals surface area (Å²) in [6.45, 7) is 0. The van der Waals surface area contributed by atoms with Gasteiger partial charge in [-0.15, -0.1) is 0 Å². The Morgan fingerprint density at radius 3 is 1.95 bits per heavy atom. The Morgan fingerprint density at radius 1 is 0.850 bits per heavy atom. The molecular formula is C10H7NNaO6S2-. The molecule has 20 heavy (non-hydrogen) atoms. The van der Waals surface area contributed by atoms with Gasteiger partial charge in [-0.2, -0.15) is 0 Å². The number of anilines is 1. The smallest absolute Gasteiger partial charge is 0.744 e. The number of rotatable bonds is 2. The van der Waals surface area contributed by atoms with Crippen molar-refractivity contribution in [1.82, 2.24) is 0 Å². The van der Waals surface area contributed by atoms with Crippen LogP contribution in [0.2, 0.25) is 0 Å². The molecule has 2 rings (SSSR count). The topological polar surface area (TPSA) is 140 Å². The first-order chi connectivity index (χ1) is 8.60. The minimum absolute atomic E-state index is 0. The van der Waals surface area contributed by atoms with Crippen LogP contribution in [-0.4, -0.2) is 25.9 Å². The molecule has 102 valence electrons. The molecule has 0 bridgehead atoms. The van der Waals surface area contributed by atoms with Crippen molar-refractivity contribution in [1.29, 1.82) is 0 Å². The Bertz CT molecular complexity index is 876. The molecule has 0 saturated carbocycles. The van der Waals surface area contributed by atoms with Gasteiger partial charge in [-0.3, -0.25) is 0 Å². The third-order valence-corrected chi connectivity index (χ3v) is 4.27. The Morgan fingerprint density at radius 2 is 1.45 bits per heavy atom. The number of benzene rings is 2. The Hall–Kier alpha value is -0.680. The second kappa shape index (κ2) is 5.60. The summed E-state index contributed by atoms with van der Waals surface area (Å²) in [5.41, 5.74) is 5.65. The molecular weight excluding hydrogens is 317 g/mol. The molecule has 2 aromatic rings. The van der Waals surface area contributed by atoms with Crippen LogP contribution in [0.15, 0.2) is 40.1 Å². The average molecular weight is 324 g/mol. The first-order valence-electron chi connectivity index (χ1n) is 4.85. The van der Waals surface area contributed by atoms with Crippen LogP contribution in [0.4, 0.5) is 5.69 Å². The van der Waals surface area contributed by atoms with Crippen molar-refractivity contribution in [2.45, 2.75) is 9.79 Å². The summed E-state index contributed by atoms with van der Waals surface area (Å²) in [5.74, 6) is 0. The van der Waals surface area contributed by atoms with Gasteiger partial charge in [0.15, 0.2) is 0 Å². The third kappa shape index (κ3) is 3.31. The Labute approximate surface area is 137 Å². The Balaban J connectivity index is 0.00000200. The van der Waals surface area contributed by atoms with Gasteiger partial charge in [0.05, 0.1) is 9.79 Å². The van der Waals surface area contributed by atoms with E-state index in [1.54, 1.807) is 0 Å². The van der Waals surface area contributed by atoms with Crippen molar-refractivity contribution >= 4 is 36.7 Å². The summed E-state index contributed by atoms with van der Waals surface area (Å²) in [5, 5.41) is -0.00347. The molecule has 0 aliphatic carbocycles. The maximum absolute atomic E-state index is 11.1. The number of nitrogens with two attached hydrogens (primary N) is 1.